The van der Waals surface area contributed by atoms with Crippen LogP contribution in [0.3, 0.4) is 0 Å². The molecular formula is C15H12F2N2O3S2. The molecule has 0 saturated carbocycles. The normalized spacial score (nSPS) is 20.5. The van der Waals surface area contributed by atoms with Crippen molar-refractivity contribution in [1.82, 2.24) is 0 Å². The number of aliphatic imine (C=N–C) groups is 1. The standard InChI is InChI=1S/C15H12F2N2O3S2/c1-9-18-13-8-3-2-5-10(13)15(23,24(20,21)22)19(9)14-11(16)6-4-7-12(14)17/h2-8,23H,1H3,(H,20,21,22). The number of para-hydroxylation sites is 2. The first-order chi connectivity index (χ1) is 11.2. The van der Waals surface area contributed by atoms with E-state index in [-0.39, 0.29) is 17.1 Å². The second-order valence-electron chi connectivity index (χ2n) is 5.17. The van der Waals surface area contributed by atoms with E-state index in [1.54, 1.807) is 6.07 Å². The molecule has 24 heavy (non-hydrogen) atoms. The van der Waals surface area contributed by atoms with E-state index in [2.05, 4.69) is 17.6 Å². The van der Waals surface area contributed by atoms with Crippen LogP contribution < -0.4 is 4.90 Å². The topological polar surface area (TPSA) is 70.0 Å². The first-order valence-electron chi connectivity index (χ1n) is 6.76. The first kappa shape index (κ1) is 16.9. The highest BCUT2D eigenvalue weighted by molar-refractivity contribution is 8.02. The van der Waals surface area contributed by atoms with Gasteiger partial charge in [-0.2, -0.15) is 8.42 Å². The van der Waals surface area contributed by atoms with Crippen LogP contribution in [0.5, 0.6) is 0 Å². The van der Waals surface area contributed by atoms with Crippen LogP contribution in [0.4, 0.5) is 20.2 Å². The van der Waals surface area contributed by atoms with E-state index in [1.807, 2.05) is 0 Å². The highest BCUT2D eigenvalue weighted by Gasteiger charge is 2.53. The molecule has 1 N–H and O–H groups in total. The van der Waals surface area contributed by atoms with Gasteiger partial charge in [-0.15, -0.1) is 12.6 Å². The summed E-state index contributed by atoms with van der Waals surface area (Å²) in [5.74, 6) is -2.05. The lowest BCUT2D eigenvalue weighted by atomic mass is 10.1. The Bertz CT molecular complexity index is 943. The molecule has 0 fully saturated rings. The zero-order valence-electron chi connectivity index (χ0n) is 12.3. The Morgan fingerprint density at radius 3 is 2.29 bits per heavy atom. The van der Waals surface area contributed by atoms with E-state index in [0.29, 0.717) is 0 Å². The van der Waals surface area contributed by atoms with Gasteiger partial charge in [0.25, 0.3) is 0 Å². The lowest BCUT2D eigenvalue weighted by molar-refractivity contribution is 0.461. The maximum absolute atomic E-state index is 14.3. The summed E-state index contributed by atoms with van der Waals surface area (Å²) in [5.41, 5.74) is -0.444. The number of hydrogen-bond donors (Lipinski definition) is 2. The molecule has 5 nitrogen and oxygen atoms in total. The van der Waals surface area contributed by atoms with Crippen LogP contribution in [-0.2, 0) is 14.3 Å². The van der Waals surface area contributed by atoms with Gasteiger partial charge in [-0.3, -0.25) is 9.45 Å². The summed E-state index contributed by atoms with van der Waals surface area (Å²) in [4.78, 5) is 4.91. The summed E-state index contributed by atoms with van der Waals surface area (Å²) in [5, 5.41) is 0. The van der Waals surface area contributed by atoms with E-state index < -0.39 is 31.6 Å². The van der Waals surface area contributed by atoms with Gasteiger partial charge >= 0.3 is 10.1 Å². The number of hydrogen-bond acceptors (Lipinski definition) is 5. The molecule has 2 aromatic carbocycles. The van der Waals surface area contributed by atoms with Gasteiger partial charge in [-0.1, -0.05) is 24.3 Å². The Morgan fingerprint density at radius 2 is 1.71 bits per heavy atom. The van der Waals surface area contributed by atoms with Crippen LogP contribution in [0.1, 0.15) is 12.5 Å². The van der Waals surface area contributed by atoms with E-state index in [1.165, 1.54) is 25.1 Å². The van der Waals surface area contributed by atoms with Gasteiger partial charge in [0.05, 0.1) is 5.69 Å². The van der Waals surface area contributed by atoms with Crippen molar-refractivity contribution in [2.75, 3.05) is 4.90 Å². The third-order valence-electron chi connectivity index (χ3n) is 3.68. The molecule has 9 heteroatoms. The third-order valence-corrected chi connectivity index (χ3v) is 5.94. The van der Waals surface area contributed by atoms with Crippen LogP contribution in [-0.4, -0.2) is 18.8 Å². The number of thiol groups is 1. The molecule has 1 aliphatic rings. The minimum Gasteiger partial charge on any atom is -0.290 e. The summed E-state index contributed by atoms with van der Waals surface area (Å²) < 4.78 is 60.3. The van der Waals surface area contributed by atoms with Crippen molar-refractivity contribution < 1.29 is 21.8 Å². The summed E-state index contributed by atoms with van der Waals surface area (Å²) in [6.45, 7) is 1.37. The van der Waals surface area contributed by atoms with Gasteiger partial charge < -0.3 is 0 Å². The van der Waals surface area contributed by atoms with Gasteiger partial charge in [0, 0.05) is 5.56 Å². The highest BCUT2D eigenvalue weighted by atomic mass is 32.3. The highest BCUT2D eigenvalue weighted by Crippen LogP contribution is 2.48. The Balaban J connectivity index is 2.42. The molecule has 0 amide bonds. The molecule has 0 spiro atoms. The molecule has 1 aliphatic heterocycles. The van der Waals surface area contributed by atoms with Crippen LogP contribution >= 0.6 is 12.6 Å². The lowest BCUT2D eigenvalue weighted by Gasteiger charge is -2.42. The van der Waals surface area contributed by atoms with E-state index in [4.69, 9.17) is 0 Å². The number of amidine groups is 1. The molecule has 0 bridgehead atoms. The predicted octanol–water partition coefficient (Wildman–Crippen LogP) is 3.46. The molecule has 0 saturated heterocycles. The maximum Gasteiger partial charge on any atom is 0.304 e. The van der Waals surface area contributed by atoms with E-state index in [0.717, 1.165) is 23.1 Å². The van der Waals surface area contributed by atoms with Gasteiger partial charge in [-0.05, 0) is 25.1 Å². The average molecular weight is 370 g/mol. The molecule has 0 aliphatic carbocycles. The van der Waals surface area contributed by atoms with Gasteiger partial charge in [0.1, 0.15) is 23.2 Å². The van der Waals surface area contributed by atoms with Crippen molar-refractivity contribution in [1.29, 1.82) is 0 Å². The minimum atomic E-state index is -4.93. The Kier molecular flexibility index (Phi) is 3.89. The molecule has 1 unspecified atom stereocenters. The Hall–Kier alpha value is -1.97. The average Bonchev–Trinajstić information content (AvgIpc) is 2.49. The summed E-state index contributed by atoms with van der Waals surface area (Å²) in [6.07, 6.45) is 0. The lowest BCUT2D eigenvalue weighted by Crippen LogP contribution is -2.52. The molecule has 126 valence electrons. The maximum atomic E-state index is 14.3. The van der Waals surface area contributed by atoms with Crippen molar-refractivity contribution >= 4 is 40.0 Å². The Labute approximate surface area is 142 Å². The van der Waals surface area contributed by atoms with Crippen molar-refractivity contribution in [3.05, 3.63) is 59.7 Å². The zero-order chi connectivity index (χ0) is 17.7. The monoisotopic (exact) mass is 370 g/mol. The van der Waals surface area contributed by atoms with Crippen LogP contribution in [0, 0.1) is 11.6 Å². The molecule has 2 aromatic rings. The number of nitrogens with zero attached hydrogens (tertiary/aromatic N) is 2. The molecule has 1 atom stereocenters. The van der Waals surface area contributed by atoms with Crippen LogP contribution in [0.25, 0.3) is 0 Å². The zero-order valence-corrected chi connectivity index (χ0v) is 14.0. The number of benzene rings is 2. The van der Waals surface area contributed by atoms with E-state index >= 15 is 0 Å². The van der Waals surface area contributed by atoms with Gasteiger partial charge in [0.2, 0.25) is 4.20 Å². The van der Waals surface area contributed by atoms with Crippen molar-refractivity contribution in [2.45, 2.75) is 11.1 Å². The second-order valence-corrected chi connectivity index (χ2v) is 7.66. The molecule has 3 rings (SSSR count). The number of anilines is 1. The quantitative estimate of drug-likeness (QED) is 0.627. The fraction of sp³-hybridized carbons (Fsp3) is 0.133. The SMILES string of the molecule is CC1=Nc2ccccc2C(S)(S(=O)(=O)O)N1c1c(F)cccc1F. The number of halogens is 2. The van der Waals surface area contributed by atoms with Gasteiger partial charge in [-0.25, -0.2) is 13.8 Å². The molecule has 1 heterocycles. The predicted molar refractivity (Wildman–Crippen MR) is 90.3 cm³/mol. The van der Waals surface area contributed by atoms with Crippen molar-refractivity contribution in [3.63, 3.8) is 0 Å². The number of fused-ring (bicyclic) bond motifs is 1. The summed E-state index contributed by atoms with van der Waals surface area (Å²) in [7, 11) is -4.93. The largest absolute Gasteiger partial charge is 0.304 e. The van der Waals surface area contributed by atoms with Gasteiger partial charge in [0.15, 0.2) is 0 Å². The van der Waals surface area contributed by atoms with Crippen LogP contribution in [0.2, 0.25) is 0 Å². The molecule has 0 aromatic heterocycles. The first-order valence-corrected chi connectivity index (χ1v) is 8.65. The Morgan fingerprint density at radius 1 is 1.12 bits per heavy atom. The fourth-order valence-electron chi connectivity index (χ4n) is 2.68. The van der Waals surface area contributed by atoms with E-state index in [9.17, 15) is 21.8 Å². The minimum absolute atomic E-state index is 0.0101. The number of rotatable bonds is 2. The van der Waals surface area contributed by atoms with Crippen molar-refractivity contribution in [2.24, 2.45) is 4.99 Å². The summed E-state index contributed by atoms with van der Waals surface area (Å²) in [6, 6.07) is 9.12. The molecule has 0 radical (unpaired) electrons. The summed E-state index contributed by atoms with van der Waals surface area (Å²) >= 11 is 4.14. The molecular weight excluding hydrogens is 358 g/mol. The van der Waals surface area contributed by atoms with Crippen molar-refractivity contribution in [3.8, 4) is 0 Å². The fourth-order valence-corrected chi connectivity index (χ4v) is 4.02. The van der Waals surface area contributed by atoms with Crippen LogP contribution in [0.15, 0.2) is 47.5 Å². The second kappa shape index (κ2) is 5.54. The smallest absolute Gasteiger partial charge is 0.290 e. The third kappa shape index (κ3) is 2.31.